The van der Waals surface area contributed by atoms with Crippen LogP contribution >= 0.6 is 0 Å². The lowest BCUT2D eigenvalue weighted by molar-refractivity contribution is 0.147. The number of rotatable bonds is 7. The van der Waals surface area contributed by atoms with E-state index in [1.807, 2.05) is 0 Å². The van der Waals surface area contributed by atoms with Gasteiger partial charge in [-0.3, -0.25) is 9.80 Å². The molecular formula is C16H26N2O. The van der Waals surface area contributed by atoms with Crippen molar-refractivity contribution < 1.29 is 5.11 Å². The van der Waals surface area contributed by atoms with E-state index < -0.39 is 0 Å². The van der Waals surface area contributed by atoms with Crippen LogP contribution in [0.3, 0.4) is 0 Å². The molecular weight excluding hydrogens is 236 g/mol. The minimum absolute atomic E-state index is 0.263. The first kappa shape index (κ1) is 14.5. The van der Waals surface area contributed by atoms with Crippen LogP contribution in [0.2, 0.25) is 0 Å². The number of likely N-dealkylation sites (tertiary alicyclic amines) is 1. The first-order valence-corrected chi connectivity index (χ1v) is 7.44. The maximum atomic E-state index is 9.09. The summed E-state index contributed by atoms with van der Waals surface area (Å²) in [5.74, 6) is 0. The standard InChI is InChI=1S/C16H26N2O/c1-2-17(11-12-19)14-16-9-6-10-18(16)13-15-7-4-3-5-8-15/h3-5,7-8,16,19H,2,6,9-14H2,1H3. The van der Waals surface area contributed by atoms with Gasteiger partial charge in [-0.15, -0.1) is 0 Å². The molecule has 106 valence electrons. The van der Waals surface area contributed by atoms with E-state index in [9.17, 15) is 0 Å². The number of likely N-dealkylation sites (N-methyl/N-ethyl adjacent to an activating group) is 1. The molecule has 0 spiro atoms. The van der Waals surface area contributed by atoms with Gasteiger partial charge in [-0.1, -0.05) is 37.3 Å². The fourth-order valence-electron chi connectivity index (χ4n) is 2.95. The molecule has 1 aromatic carbocycles. The fraction of sp³-hybridized carbons (Fsp3) is 0.625. The number of nitrogens with zero attached hydrogens (tertiary/aromatic N) is 2. The van der Waals surface area contributed by atoms with Crippen molar-refractivity contribution in [3.8, 4) is 0 Å². The summed E-state index contributed by atoms with van der Waals surface area (Å²) in [7, 11) is 0. The Morgan fingerprint density at radius 3 is 2.79 bits per heavy atom. The normalized spacial score (nSPS) is 20.3. The summed E-state index contributed by atoms with van der Waals surface area (Å²) in [5, 5.41) is 9.09. The third kappa shape index (κ3) is 4.30. The highest BCUT2D eigenvalue weighted by atomic mass is 16.3. The van der Waals surface area contributed by atoms with E-state index in [2.05, 4.69) is 47.1 Å². The highest BCUT2D eigenvalue weighted by molar-refractivity contribution is 5.14. The summed E-state index contributed by atoms with van der Waals surface area (Å²) in [6, 6.07) is 11.4. The van der Waals surface area contributed by atoms with Crippen LogP contribution in [-0.4, -0.2) is 53.7 Å². The molecule has 1 aliphatic rings. The number of hydrogen-bond acceptors (Lipinski definition) is 3. The Labute approximate surface area is 116 Å². The lowest BCUT2D eigenvalue weighted by Gasteiger charge is -2.30. The summed E-state index contributed by atoms with van der Waals surface area (Å²) in [5.41, 5.74) is 1.40. The molecule has 0 radical (unpaired) electrons. The zero-order valence-corrected chi connectivity index (χ0v) is 12.0. The summed E-state index contributed by atoms with van der Waals surface area (Å²) >= 11 is 0. The molecule has 2 rings (SSSR count). The van der Waals surface area contributed by atoms with Gasteiger partial charge in [0.2, 0.25) is 0 Å². The third-order valence-corrected chi connectivity index (χ3v) is 4.06. The van der Waals surface area contributed by atoms with E-state index in [4.69, 9.17) is 5.11 Å². The second-order valence-electron chi connectivity index (χ2n) is 5.37. The summed E-state index contributed by atoms with van der Waals surface area (Å²) in [6.07, 6.45) is 2.59. The Kier molecular flexibility index (Phi) is 5.83. The zero-order valence-electron chi connectivity index (χ0n) is 12.0. The van der Waals surface area contributed by atoms with Crippen molar-refractivity contribution >= 4 is 0 Å². The molecule has 3 nitrogen and oxygen atoms in total. The van der Waals surface area contributed by atoms with Gasteiger partial charge in [0.15, 0.2) is 0 Å². The van der Waals surface area contributed by atoms with Gasteiger partial charge in [0, 0.05) is 25.7 Å². The highest BCUT2D eigenvalue weighted by Gasteiger charge is 2.25. The summed E-state index contributed by atoms with van der Waals surface area (Å²) in [4.78, 5) is 4.95. The predicted octanol–water partition coefficient (Wildman–Crippen LogP) is 1.97. The van der Waals surface area contributed by atoms with E-state index in [0.29, 0.717) is 6.04 Å². The van der Waals surface area contributed by atoms with Crippen molar-refractivity contribution in [2.24, 2.45) is 0 Å². The van der Waals surface area contributed by atoms with Crippen LogP contribution in [0.4, 0.5) is 0 Å². The minimum Gasteiger partial charge on any atom is -0.395 e. The Balaban J connectivity index is 1.89. The average molecular weight is 262 g/mol. The van der Waals surface area contributed by atoms with Crippen LogP contribution in [0.5, 0.6) is 0 Å². The SMILES string of the molecule is CCN(CCO)CC1CCCN1Cc1ccccc1. The maximum absolute atomic E-state index is 9.09. The first-order valence-electron chi connectivity index (χ1n) is 7.44. The molecule has 1 aliphatic heterocycles. The van der Waals surface area contributed by atoms with Gasteiger partial charge < -0.3 is 5.11 Å². The quantitative estimate of drug-likeness (QED) is 0.814. The van der Waals surface area contributed by atoms with E-state index in [0.717, 1.165) is 26.2 Å². The Morgan fingerprint density at radius 2 is 2.11 bits per heavy atom. The van der Waals surface area contributed by atoms with Gasteiger partial charge in [0.1, 0.15) is 0 Å². The van der Waals surface area contributed by atoms with Gasteiger partial charge in [-0.25, -0.2) is 0 Å². The molecule has 19 heavy (non-hydrogen) atoms. The molecule has 0 saturated carbocycles. The molecule has 1 heterocycles. The van der Waals surface area contributed by atoms with Crippen LogP contribution in [0.15, 0.2) is 30.3 Å². The van der Waals surface area contributed by atoms with Gasteiger partial charge >= 0.3 is 0 Å². The van der Waals surface area contributed by atoms with Crippen molar-refractivity contribution in [3.63, 3.8) is 0 Å². The van der Waals surface area contributed by atoms with Crippen LogP contribution in [0.25, 0.3) is 0 Å². The number of hydrogen-bond donors (Lipinski definition) is 1. The summed E-state index contributed by atoms with van der Waals surface area (Å²) in [6.45, 7) is 7.61. The molecule has 0 bridgehead atoms. The molecule has 3 heteroatoms. The molecule has 1 aromatic rings. The monoisotopic (exact) mass is 262 g/mol. The number of aliphatic hydroxyl groups is 1. The molecule has 0 aromatic heterocycles. The molecule has 1 fully saturated rings. The largest absolute Gasteiger partial charge is 0.395 e. The Hall–Kier alpha value is -0.900. The second kappa shape index (κ2) is 7.63. The lowest BCUT2D eigenvalue weighted by atomic mass is 10.1. The molecule has 1 N–H and O–H groups in total. The first-order chi connectivity index (χ1) is 9.33. The van der Waals surface area contributed by atoms with Gasteiger partial charge in [0.25, 0.3) is 0 Å². The van der Waals surface area contributed by atoms with E-state index in [-0.39, 0.29) is 6.61 Å². The van der Waals surface area contributed by atoms with Crippen molar-refractivity contribution in [2.45, 2.75) is 32.4 Å². The lowest BCUT2D eigenvalue weighted by Crippen LogP contribution is -2.41. The average Bonchev–Trinajstić information content (AvgIpc) is 2.86. The smallest absolute Gasteiger partial charge is 0.0558 e. The topological polar surface area (TPSA) is 26.7 Å². The maximum Gasteiger partial charge on any atom is 0.0558 e. The van der Waals surface area contributed by atoms with Crippen LogP contribution in [0.1, 0.15) is 25.3 Å². The second-order valence-corrected chi connectivity index (χ2v) is 5.37. The summed E-state index contributed by atoms with van der Waals surface area (Å²) < 4.78 is 0. The van der Waals surface area contributed by atoms with Gasteiger partial charge in [-0.05, 0) is 31.5 Å². The zero-order chi connectivity index (χ0) is 13.5. The van der Waals surface area contributed by atoms with Gasteiger partial charge in [0.05, 0.1) is 6.61 Å². The van der Waals surface area contributed by atoms with Gasteiger partial charge in [-0.2, -0.15) is 0 Å². The Bertz CT molecular complexity index is 355. The van der Waals surface area contributed by atoms with Crippen LogP contribution in [0, 0.1) is 0 Å². The van der Waals surface area contributed by atoms with Crippen LogP contribution in [-0.2, 0) is 6.54 Å². The molecule has 0 aliphatic carbocycles. The van der Waals surface area contributed by atoms with Crippen molar-refractivity contribution in [2.75, 3.05) is 32.8 Å². The van der Waals surface area contributed by atoms with Crippen molar-refractivity contribution in [1.82, 2.24) is 9.80 Å². The van der Waals surface area contributed by atoms with Crippen molar-refractivity contribution in [3.05, 3.63) is 35.9 Å². The number of aliphatic hydroxyl groups excluding tert-OH is 1. The van der Waals surface area contributed by atoms with E-state index in [1.54, 1.807) is 0 Å². The highest BCUT2D eigenvalue weighted by Crippen LogP contribution is 2.20. The number of benzene rings is 1. The molecule has 1 unspecified atom stereocenters. The van der Waals surface area contributed by atoms with Crippen molar-refractivity contribution in [1.29, 1.82) is 0 Å². The third-order valence-electron chi connectivity index (χ3n) is 4.06. The minimum atomic E-state index is 0.263. The predicted molar refractivity (Wildman–Crippen MR) is 79.1 cm³/mol. The Morgan fingerprint density at radius 1 is 1.32 bits per heavy atom. The molecule has 0 amide bonds. The molecule has 1 atom stereocenters. The molecule has 1 saturated heterocycles. The van der Waals surface area contributed by atoms with E-state index in [1.165, 1.54) is 24.9 Å². The van der Waals surface area contributed by atoms with E-state index >= 15 is 0 Å². The van der Waals surface area contributed by atoms with Crippen LogP contribution < -0.4 is 0 Å². The fourth-order valence-corrected chi connectivity index (χ4v) is 2.95.